The van der Waals surface area contributed by atoms with E-state index in [9.17, 15) is 14.7 Å². The van der Waals surface area contributed by atoms with Gasteiger partial charge in [0.05, 0.1) is 49.3 Å². The van der Waals surface area contributed by atoms with Crippen LogP contribution < -0.4 is 29.1 Å². The maximum Gasteiger partial charge on any atom is 0.338 e. The second-order valence-corrected chi connectivity index (χ2v) is 9.09. The second-order valence-electron chi connectivity index (χ2n) is 8.08. The third kappa shape index (κ3) is 4.97. The molecule has 0 radical (unpaired) electrons. The molecule has 2 heterocycles. The van der Waals surface area contributed by atoms with E-state index in [-0.39, 0.29) is 23.5 Å². The first-order valence-electron chi connectivity index (χ1n) is 11.7. The highest BCUT2D eigenvalue weighted by molar-refractivity contribution is 7.07. The van der Waals surface area contributed by atoms with Crippen LogP contribution in [-0.4, -0.2) is 43.1 Å². The second kappa shape index (κ2) is 10.9. The minimum Gasteiger partial charge on any atom is -0.504 e. The third-order valence-corrected chi connectivity index (χ3v) is 6.80. The van der Waals surface area contributed by atoms with Gasteiger partial charge in [-0.3, -0.25) is 9.36 Å². The summed E-state index contributed by atoms with van der Waals surface area (Å²) in [6.07, 6.45) is 1.71. The van der Waals surface area contributed by atoms with Crippen LogP contribution in [0.3, 0.4) is 0 Å². The quantitative estimate of drug-likeness (QED) is 0.452. The topological polar surface area (TPSA) is 109 Å². The molecule has 0 spiro atoms. The SMILES string of the molecule is CCOC(=O)C1=C(C)N=c2s/c(=C\c3ccc(O)c(OCC)c3)c(=O)n2C1c1ccc(OC)c(OC)c1. The number of methoxy groups -OCH3 is 2. The molecule has 4 rings (SSSR count). The van der Waals surface area contributed by atoms with Crippen molar-refractivity contribution in [3.63, 3.8) is 0 Å². The van der Waals surface area contributed by atoms with Gasteiger partial charge in [0.25, 0.3) is 5.56 Å². The number of hydrogen-bond donors (Lipinski definition) is 1. The zero-order chi connectivity index (χ0) is 26.7. The number of aromatic nitrogens is 1. The number of ether oxygens (including phenoxy) is 4. The lowest BCUT2D eigenvalue weighted by Crippen LogP contribution is -2.39. The zero-order valence-corrected chi connectivity index (χ0v) is 22.0. The molecule has 0 aliphatic carbocycles. The Morgan fingerprint density at radius 3 is 2.51 bits per heavy atom. The van der Waals surface area contributed by atoms with Gasteiger partial charge < -0.3 is 24.1 Å². The van der Waals surface area contributed by atoms with Crippen LogP contribution in [0.25, 0.3) is 6.08 Å². The number of carbonyl (C=O) groups is 1. The van der Waals surface area contributed by atoms with Crippen LogP contribution in [0.2, 0.25) is 0 Å². The van der Waals surface area contributed by atoms with Gasteiger partial charge in [-0.1, -0.05) is 23.5 Å². The maximum atomic E-state index is 13.8. The predicted octanol–water partition coefficient (Wildman–Crippen LogP) is 2.92. The molecule has 1 unspecified atom stereocenters. The molecule has 194 valence electrons. The minimum atomic E-state index is -0.781. The van der Waals surface area contributed by atoms with Crippen LogP contribution in [0.1, 0.15) is 37.9 Å². The molecule has 0 saturated heterocycles. The highest BCUT2D eigenvalue weighted by Crippen LogP contribution is 2.36. The zero-order valence-electron chi connectivity index (χ0n) is 21.2. The van der Waals surface area contributed by atoms with Crippen molar-refractivity contribution in [2.75, 3.05) is 27.4 Å². The fraction of sp³-hybridized carbons (Fsp3) is 0.296. The number of benzene rings is 2. The number of allylic oxidation sites excluding steroid dienone is 1. The van der Waals surface area contributed by atoms with Crippen LogP contribution in [-0.2, 0) is 9.53 Å². The molecular weight excluding hydrogens is 496 g/mol. The number of phenols is 1. The average molecular weight is 525 g/mol. The largest absolute Gasteiger partial charge is 0.504 e. The number of rotatable bonds is 8. The van der Waals surface area contributed by atoms with E-state index in [0.717, 1.165) is 0 Å². The lowest BCUT2D eigenvalue weighted by molar-refractivity contribution is -0.139. The van der Waals surface area contributed by atoms with Crippen molar-refractivity contribution < 1.29 is 28.8 Å². The lowest BCUT2D eigenvalue weighted by atomic mass is 9.95. The number of esters is 1. The van der Waals surface area contributed by atoms with Crippen LogP contribution in [0.5, 0.6) is 23.0 Å². The first kappa shape index (κ1) is 26.0. The highest BCUT2D eigenvalue weighted by Gasteiger charge is 2.33. The summed E-state index contributed by atoms with van der Waals surface area (Å²) in [4.78, 5) is 31.9. The van der Waals surface area contributed by atoms with E-state index in [2.05, 4.69) is 4.99 Å². The van der Waals surface area contributed by atoms with Gasteiger partial charge in [0.2, 0.25) is 0 Å². The third-order valence-electron chi connectivity index (χ3n) is 5.82. The normalized spacial score (nSPS) is 15.2. The standard InChI is InChI=1S/C27H28N2O7S/c1-6-35-20-12-16(8-10-18(20)30)13-22-25(31)29-24(17-9-11-19(33-4)21(14-17)34-5)23(26(32)36-7-2)15(3)28-27(29)37-22/h8-14,24,30H,6-7H2,1-5H3/b22-13-. The number of fused-ring (bicyclic) bond motifs is 1. The van der Waals surface area contributed by atoms with Gasteiger partial charge in [0.15, 0.2) is 27.8 Å². The Balaban J connectivity index is 1.94. The molecule has 0 fully saturated rings. The molecule has 1 N–H and O–H groups in total. The molecule has 2 aromatic carbocycles. The van der Waals surface area contributed by atoms with Crippen molar-refractivity contribution in [3.05, 3.63) is 78.5 Å². The van der Waals surface area contributed by atoms with E-state index in [1.54, 1.807) is 50.3 Å². The Labute approximate surface area is 217 Å². The summed E-state index contributed by atoms with van der Waals surface area (Å²) >= 11 is 1.21. The molecule has 9 nitrogen and oxygen atoms in total. The van der Waals surface area contributed by atoms with Crippen molar-refractivity contribution in [1.82, 2.24) is 4.57 Å². The van der Waals surface area contributed by atoms with Crippen molar-refractivity contribution in [2.24, 2.45) is 4.99 Å². The van der Waals surface area contributed by atoms with E-state index in [0.29, 0.717) is 50.0 Å². The van der Waals surface area contributed by atoms with Crippen LogP contribution in [0.4, 0.5) is 0 Å². The molecule has 10 heteroatoms. The first-order valence-corrected chi connectivity index (χ1v) is 12.5. The van der Waals surface area contributed by atoms with E-state index in [1.807, 2.05) is 6.92 Å². The fourth-order valence-corrected chi connectivity index (χ4v) is 5.22. The van der Waals surface area contributed by atoms with E-state index < -0.39 is 12.0 Å². The van der Waals surface area contributed by atoms with Crippen molar-refractivity contribution in [2.45, 2.75) is 26.8 Å². The smallest absolute Gasteiger partial charge is 0.338 e. The van der Waals surface area contributed by atoms with Crippen molar-refractivity contribution in [3.8, 4) is 23.0 Å². The molecule has 0 saturated carbocycles. The molecule has 1 aliphatic rings. The first-order chi connectivity index (χ1) is 17.8. The molecule has 37 heavy (non-hydrogen) atoms. The lowest BCUT2D eigenvalue weighted by Gasteiger charge is -2.25. The molecule has 1 aromatic heterocycles. The van der Waals surface area contributed by atoms with E-state index in [1.165, 1.54) is 36.2 Å². The number of thiazole rings is 1. The van der Waals surface area contributed by atoms with Gasteiger partial charge in [-0.15, -0.1) is 0 Å². The monoisotopic (exact) mass is 524 g/mol. The van der Waals surface area contributed by atoms with Gasteiger partial charge in [-0.2, -0.15) is 0 Å². The Morgan fingerprint density at radius 1 is 1.08 bits per heavy atom. The molecule has 1 aliphatic heterocycles. The predicted molar refractivity (Wildman–Crippen MR) is 139 cm³/mol. The summed E-state index contributed by atoms with van der Waals surface area (Å²) in [5.41, 5.74) is 1.75. The van der Waals surface area contributed by atoms with Crippen LogP contribution in [0.15, 0.2) is 57.5 Å². The molecule has 0 amide bonds. The maximum absolute atomic E-state index is 13.8. The number of carbonyl (C=O) groups excluding carboxylic acids is 1. The fourth-order valence-electron chi connectivity index (χ4n) is 4.17. The Morgan fingerprint density at radius 2 is 1.84 bits per heavy atom. The summed E-state index contributed by atoms with van der Waals surface area (Å²) in [5, 5.41) is 10.0. The van der Waals surface area contributed by atoms with Crippen LogP contribution in [0, 0.1) is 0 Å². The molecular formula is C27H28N2O7S. The van der Waals surface area contributed by atoms with Gasteiger partial charge in [-0.05, 0) is 62.2 Å². The Bertz CT molecular complexity index is 1550. The number of phenolic OH excluding ortho intramolecular Hbond substituents is 1. The van der Waals surface area contributed by atoms with E-state index in [4.69, 9.17) is 18.9 Å². The summed E-state index contributed by atoms with van der Waals surface area (Å²) in [5.74, 6) is 0.788. The summed E-state index contributed by atoms with van der Waals surface area (Å²) in [6, 6.07) is 9.35. The molecule has 3 aromatic rings. The van der Waals surface area contributed by atoms with Gasteiger partial charge in [0, 0.05) is 0 Å². The highest BCUT2D eigenvalue weighted by atomic mass is 32.1. The summed E-state index contributed by atoms with van der Waals surface area (Å²) < 4.78 is 23.6. The van der Waals surface area contributed by atoms with Crippen LogP contribution >= 0.6 is 11.3 Å². The van der Waals surface area contributed by atoms with Crippen molar-refractivity contribution in [1.29, 1.82) is 0 Å². The van der Waals surface area contributed by atoms with Gasteiger partial charge in [-0.25, -0.2) is 9.79 Å². The van der Waals surface area contributed by atoms with E-state index >= 15 is 0 Å². The number of hydrogen-bond acceptors (Lipinski definition) is 9. The summed E-state index contributed by atoms with van der Waals surface area (Å²) in [7, 11) is 3.06. The Kier molecular flexibility index (Phi) is 7.68. The number of nitrogens with zero attached hydrogens (tertiary/aromatic N) is 2. The Hall–Kier alpha value is -4.05. The number of aromatic hydroxyl groups is 1. The van der Waals surface area contributed by atoms with Gasteiger partial charge >= 0.3 is 5.97 Å². The van der Waals surface area contributed by atoms with Gasteiger partial charge in [0.1, 0.15) is 0 Å². The molecule has 0 bridgehead atoms. The minimum absolute atomic E-state index is 0.0172. The molecule has 1 atom stereocenters. The van der Waals surface area contributed by atoms with Crippen molar-refractivity contribution >= 4 is 23.4 Å². The average Bonchev–Trinajstić information content (AvgIpc) is 3.19. The summed E-state index contributed by atoms with van der Waals surface area (Å²) in [6.45, 7) is 5.85.